The Balaban J connectivity index is 2.21. The quantitative estimate of drug-likeness (QED) is 0.804. The molecule has 0 spiro atoms. The molecule has 0 aliphatic carbocycles. The maximum absolute atomic E-state index is 14.8. The molecule has 0 unspecified atom stereocenters. The summed E-state index contributed by atoms with van der Waals surface area (Å²) in [6, 6.07) is 4.92. The van der Waals surface area contributed by atoms with Crippen LogP contribution in [-0.4, -0.2) is 46.5 Å². The summed E-state index contributed by atoms with van der Waals surface area (Å²) in [4.78, 5) is 12.9. The van der Waals surface area contributed by atoms with Crippen molar-refractivity contribution >= 4 is 18.7 Å². The van der Waals surface area contributed by atoms with Crippen molar-refractivity contribution in [3.05, 3.63) is 29.6 Å². The Labute approximate surface area is 162 Å². The molecule has 150 valence electrons. The molecule has 2 rings (SSSR count). The van der Waals surface area contributed by atoms with Crippen molar-refractivity contribution in [2.75, 3.05) is 6.54 Å². The van der Waals surface area contributed by atoms with Crippen LogP contribution in [0.4, 0.5) is 9.18 Å². The second-order valence-corrected chi connectivity index (χ2v) is 9.33. The number of carboxylic acid groups (broad SMARTS) is 1. The standard InChI is InChI=1S/C20H31BFNO4/c1-13(12-23(17(24)25)18(2,3)4)15-10-9-14(11-16(15)22)21-26-19(5,6)20(7,8)27-21/h9-11,13H,12H2,1-8H3,(H,24,25)/t13-/m1/s1. The maximum Gasteiger partial charge on any atom is 0.494 e. The lowest BCUT2D eigenvalue weighted by Gasteiger charge is -2.35. The lowest BCUT2D eigenvalue weighted by molar-refractivity contribution is 0.00578. The molecule has 1 atom stereocenters. The van der Waals surface area contributed by atoms with Gasteiger partial charge in [0.15, 0.2) is 0 Å². The lowest BCUT2D eigenvalue weighted by atomic mass is 9.78. The molecule has 1 heterocycles. The molecule has 1 aliphatic heterocycles. The number of amides is 1. The number of carbonyl (C=O) groups is 1. The molecule has 1 aliphatic rings. The van der Waals surface area contributed by atoms with Crippen molar-refractivity contribution in [2.24, 2.45) is 0 Å². The normalized spacial score (nSPS) is 19.8. The van der Waals surface area contributed by atoms with Gasteiger partial charge in [-0.15, -0.1) is 0 Å². The van der Waals surface area contributed by atoms with Crippen LogP contribution in [0.5, 0.6) is 0 Å². The molecular formula is C20H31BFNO4. The summed E-state index contributed by atoms with van der Waals surface area (Å²) in [6.45, 7) is 15.3. The van der Waals surface area contributed by atoms with E-state index in [-0.39, 0.29) is 18.3 Å². The molecule has 0 radical (unpaired) electrons. The predicted octanol–water partition coefficient (Wildman–Crippen LogP) is 4.01. The number of hydrogen-bond donors (Lipinski definition) is 1. The molecule has 7 heteroatoms. The average molecular weight is 379 g/mol. The van der Waals surface area contributed by atoms with Gasteiger partial charge in [-0.25, -0.2) is 9.18 Å². The molecule has 27 heavy (non-hydrogen) atoms. The van der Waals surface area contributed by atoms with Crippen LogP contribution in [0, 0.1) is 5.82 Å². The molecule has 1 saturated heterocycles. The SMILES string of the molecule is C[C@H](CN(C(=O)O)C(C)(C)C)c1ccc(B2OC(C)(C)C(C)(C)O2)cc1F. The van der Waals surface area contributed by atoms with Gasteiger partial charge in [0.25, 0.3) is 0 Å². The first kappa shape index (κ1) is 21.7. The summed E-state index contributed by atoms with van der Waals surface area (Å²) in [5, 5.41) is 9.46. The van der Waals surface area contributed by atoms with Crippen LogP contribution in [0.3, 0.4) is 0 Å². The van der Waals surface area contributed by atoms with Gasteiger partial charge < -0.3 is 19.3 Å². The summed E-state index contributed by atoms with van der Waals surface area (Å²) in [5.74, 6) is -0.665. The third-order valence-electron chi connectivity index (χ3n) is 5.58. The molecule has 0 saturated carbocycles. The second kappa shape index (κ2) is 7.10. The zero-order valence-electron chi connectivity index (χ0n) is 17.6. The molecule has 1 aromatic rings. The van der Waals surface area contributed by atoms with Gasteiger partial charge in [0.05, 0.1) is 11.2 Å². The minimum atomic E-state index is -1.01. The van der Waals surface area contributed by atoms with E-state index in [4.69, 9.17) is 9.31 Å². The summed E-state index contributed by atoms with van der Waals surface area (Å²) >= 11 is 0. The van der Waals surface area contributed by atoms with Gasteiger partial charge in [-0.1, -0.05) is 19.1 Å². The number of halogens is 1. The molecule has 0 bridgehead atoms. The van der Waals surface area contributed by atoms with Gasteiger partial charge in [0.2, 0.25) is 0 Å². The van der Waals surface area contributed by atoms with Crippen molar-refractivity contribution in [3.8, 4) is 0 Å². The Kier molecular flexibility index (Phi) is 5.70. The highest BCUT2D eigenvalue weighted by atomic mass is 19.1. The van der Waals surface area contributed by atoms with Crippen molar-refractivity contribution < 1.29 is 23.6 Å². The number of benzene rings is 1. The maximum atomic E-state index is 14.8. The highest BCUT2D eigenvalue weighted by molar-refractivity contribution is 6.62. The summed E-state index contributed by atoms with van der Waals surface area (Å²) < 4.78 is 26.8. The molecule has 1 N–H and O–H groups in total. The van der Waals surface area contributed by atoms with E-state index >= 15 is 0 Å². The van der Waals surface area contributed by atoms with Gasteiger partial charge in [-0.3, -0.25) is 0 Å². The highest BCUT2D eigenvalue weighted by Crippen LogP contribution is 2.36. The van der Waals surface area contributed by atoms with Crippen LogP contribution in [-0.2, 0) is 9.31 Å². The van der Waals surface area contributed by atoms with E-state index in [1.54, 1.807) is 12.1 Å². The number of nitrogens with zero attached hydrogens (tertiary/aromatic N) is 1. The largest absolute Gasteiger partial charge is 0.494 e. The fraction of sp³-hybridized carbons (Fsp3) is 0.650. The van der Waals surface area contributed by atoms with Gasteiger partial charge in [-0.2, -0.15) is 0 Å². The van der Waals surface area contributed by atoms with E-state index in [9.17, 15) is 14.3 Å². The van der Waals surface area contributed by atoms with E-state index < -0.39 is 30.0 Å². The Bertz CT molecular complexity index is 698. The van der Waals surface area contributed by atoms with Gasteiger partial charge in [0.1, 0.15) is 5.82 Å². The monoisotopic (exact) mass is 379 g/mol. The molecule has 1 fully saturated rings. The van der Waals surface area contributed by atoms with E-state index in [1.807, 2.05) is 55.4 Å². The van der Waals surface area contributed by atoms with E-state index in [2.05, 4.69) is 0 Å². The molecule has 0 aromatic heterocycles. The minimum Gasteiger partial charge on any atom is -0.465 e. The van der Waals surface area contributed by atoms with E-state index in [0.29, 0.717) is 11.0 Å². The van der Waals surface area contributed by atoms with Crippen molar-refractivity contribution in [3.63, 3.8) is 0 Å². The zero-order valence-corrected chi connectivity index (χ0v) is 17.6. The van der Waals surface area contributed by atoms with Crippen LogP contribution in [0.15, 0.2) is 18.2 Å². The first-order valence-electron chi connectivity index (χ1n) is 9.31. The predicted molar refractivity (Wildman–Crippen MR) is 105 cm³/mol. The third-order valence-corrected chi connectivity index (χ3v) is 5.58. The Morgan fingerprint density at radius 3 is 2.15 bits per heavy atom. The topological polar surface area (TPSA) is 59.0 Å². The zero-order chi connectivity index (χ0) is 20.8. The Hall–Kier alpha value is -1.60. The van der Waals surface area contributed by atoms with Crippen molar-refractivity contribution in [1.82, 2.24) is 4.90 Å². The van der Waals surface area contributed by atoms with E-state index in [0.717, 1.165) is 0 Å². The lowest BCUT2D eigenvalue weighted by Crippen LogP contribution is -2.46. The number of rotatable bonds is 4. The second-order valence-electron chi connectivity index (χ2n) is 9.33. The van der Waals surface area contributed by atoms with E-state index in [1.165, 1.54) is 11.0 Å². The van der Waals surface area contributed by atoms with Crippen LogP contribution in [0.1, 0.15) is 66.9 Å². The smallest absolute Gasteiger partial charge is 0.465 e. The summed E-state index contributed by atoms with van der Waals surface area (Å²) in [5.41, 5.74) is -0.443. The third kappa shape index (κ3) is 4.46. The van der Waals surface area contributed by atoms with Crippen LogP contribution >= 0.6 is 0 Å². The van der Waals surface area contributed by atoms with Crippen LogP contribution in [0.25, 0.3) is 0 Å². The molecular weight excluding hydrogens is 348 g/mol. The molecule has 1 amide bonds. The first-order chi connectivity index (χ1) is 12.2. The Morgan fingerprint density at radius 1 is 1.22 bits per heavy atom. The average Bonchev–Trinajstić information content (AvgIpc) is 2.71. The van der Waals surface area contributed by atoms with Crippen LogP contribution < -0.4 is 5.46 Å². The summed E-state index contributed by atoms with van der Waals surface area (Å²) in [7, 11) is -0.626. The highest BCUT2D eigenvalue weighted by Gasteiger charge is 2.51. The van der Waals surface area contributed by atoms with Gasteiger partial charge in [0, 0.05) is 18.0 Å². The molecule has 5 nitrogen and oxygen atoms in total. The van der Waals surface area contributed by atoms with Gasteiger partial charge >= 0.3 is 13.2 Å². The minimum absolute atomic E-state index is 0.214. The molecule has 1 aromatic carbocycles. The Morgan fingerprint density at radius 2 is 1.74 bits per heavy atom. The number of hydrogen-bond acceptors (Lipinski definition) is 3. The fourth-order valence-electron chi connectivity index (χ4n) is 3.08. The van der Waals surface area contributed by atoms with Crippen molar-refractivity contribution in [1.29, 1.82) is 0 Å². The van der Waals surface area contributed by atoms with Crippen molar-refractivity contribution in [2.45, 2.75) is 78.0 Å². The van der Waals surface area contributed by atoms with Crippen LogP contribution in [0.2, 0.25) is 0 Å². The summed E-state index contributed by atoms with van der Waals surface area (Å²) in [6.07, 6.45) is -1.01. The fourth-order valence-corrected chi connectivity index (χ4v) is 3.08. The first-order valence-corrected chi connectivity index (χ1v) is 9.31. The van der Waals surface area contributed by atoms with Gasteiger partial charge in [-0.05, 0) is 65.6 Å².